The van der Waals surface area contributed by atoms with Crippen molar-refractivity contribution in [3.8, 4) is 0 Å². The molecule has 0 bridgehead atoms. The highest BCUT2D eigenvalue weighted by Crippen LogP contribution is 2.30. The quantitative estimate of drug-likeness (QED) is 0.567. The van der Waals surface area contributed by atoms with E-state index >= 15 is 0 Å². The van der Waals surface area contributed by atoms with Gasteiger partial charge in [0.25, 0.3) is 0 Å². The zero-order chi connectivity index (χ0) is 16.0. The van der Waals surface area contributed by atoms with Crippen molar-refractivity contribution < 1.29 is 9.53 Å². The first-order valence-corrected chi connectivity index (χ1v) is 11.3. The second-order valence-corrected chi connectivity index (χ2v) is 12.1. The van der Waals surface area contributed by atoms with Crippen LogP contribution in [-0.4, -0.2) is 14.0 Å². The Morgan fingerprint density at radius 2 is 1.50 bits per heavy atom. The number of hydrogen-bond acceptors (Lipinski definition) is 2. The summed E-state index contributed by atoms with van der Waals surface area (Å²) in [4.78, 5) is 12.2. The van der Waals surface area contributed by atoms with Gasteiger partial charge in [-0.05, 0) is 16.7 Å². The summed E-state index contributed by atoms with van der Waals surface area (Å²) in [5.41, 5.74) is 2.57. The van der Waals surface area contributed by atoms with Gasteiger partial charge in [-0.2, -0.15) is 0 Å². The van der Waals surface area contributed by atoms with Crippen LogP contribution in [0.3, 0.4) is 0 Å². The number of hydrogen-bond donors (Lipinski definition) is 0. The summed E-state index contributed by atoms with van der Waals surface area (Å²) in [6.45, 7) is 7.26. The van der Waals surface area contributed by atoms with Gasteiger partial charge in [0.15, 0.2) is 0 Å². The first-order valence-electron chi connectivity index (χ1n) is 7.71. The highest BCUT2D eigenvalue weighted by atomic mass is 28.3. The van der Waals surface area contributed by atoms with Crippen LogP contribution in [0.15, 0.2) is 60.7 Å². The molecule has 0 fully saturated rings. The Kier molecular flexibility index (Phi) is 5.55. The lowest BCUT2D eigenvalue weighted by Gasteiger charge is -2.28. The summed E-state index contributed by atoms with van der Waals surface area (Å²) >= 11 is 0. The van der Waals surface area contributed by atoms with Gasteiger partial charge in [-0.25, -0.2) is 0 Å². The van der Waals surface area contributed by atoms with Gasteiger partial charge < -0.3 is 4.74 Å². The normalized spacial score (nSPS) is 12.7. The fraction of sp³-hybridized carbons (Fsp3) is 0.316. The molecule has 2 aromatic rings. The molecule has 0 saturated heterocycles. The van der Waals surface area contributed by atoms with Crippen molar-refractivity contribution >= 4 is 14.0 Å². The van der Waals surface area contributed by atoms with E-state index in [9.17, 15) is 4.79 Å². The molecule has 1 unspecified atom stereocenters. The molecule has 3 heteroatoms. The second-order valence-electron chi connectivity index (χ2n) is 6.68. The van der Waals surface area contributed by atoms with E-state index in [-0.39, 0.29) is 11.5 Å². The van der Waals surface area contributed by atoms with E-state index < -0.39 is 8.07 Å². The lowest BCUT2D eigenvalue weighted by molar-refractivity contribution is -0.145. The fourth-order valence-corrected chi connectivity index (χ4v) is 4.54. The number of rotatable bonds is 6. The van der Waals surface area contributed by atoms with Crippen LogP contribution < -0.4 is 0 Å². The van der Waals surface area contributed by atoms with Crippen molar-refractivity contribution in [3.05, 3.63) is 71.8 Å². The van der Waals surface area contributed by atoms with Gasteiger partial charge in [0, 0.05) is 6.42 Å². The molecule has 0 aliphatic heterocycles. The van der Waals surface area contributed by atoms with Crippen molar-refractivity contribution in [1.29, 1.82) is 0 Å². The highest BCUT2D eigenvalue weighted by Gasteiger charge is 2.30. The fourth-order valence-electron chi connectivity index (χ4n) is 2.57. The van der Waals surface area contributed by atoms with Crippen molar-refractivity contribution in [3.63, 3.8) is 0 Å². The molecule has 22 heavy (non-hydrogen) atoms. The zero-order valence-electron chi connectivity index (χ0n) is 13.6. The Balaban J connectivity index is 2.00. The number of carbonyl (C=O) groups excluding carboxylic acids is 1. The van der Waals surface area contributed by atoms with Gasteiger partial charge in [0.1, 0.15) is 6.61 Å². The Morgan fingerprint density at radius 1 is 0.955 bits per heavy atom. The Morgan fingerprint density at radius 3 is 2.05 bits per heavy atom. The minimum absolute atomic E-state index is 0.111. The van der Waals surface area contributed by atoms with Gasteiger partial charge in [-0.15, -0.1) is 0 Å². The molecule has 116 valence electrons. The lowest BCUT2D eigenvalue weighted by atomic mass is 10.1. The van der Waals surface area contributed by atoms with Crippen LogP contribution in [0.25, 0.3) is 0 Å². The molecule has 0 amide bonds. The summed E-state index contributed by atoms with van der Waals surface area (Å²) in [5, 5.41) is 0. The third-order valence-corrected chi connectivity index (χ3v) is 6.49. The predicted molar refractivity (Wildman–Crippen MR) is 93.4 cm³/mol. The summed E-state index contributed by atoms with van der Waals surface area (Å²) in [5.74, 6) is -0.111. The van der Waals surface area contributed by atoms with Gasteiger partial charge in [-0.3, -0.25) is 4.79 Å². The largest absolute Gasteiger partial charge is 0.461 e. The van der Waals surface area contributed by atoms with E-state index in [0.717, 1.165) is 5.56 Å². The Hall–Kier alpha value is -1.87. The third-order valence-electron chi connectivity index (χ3n) is 3.86. The summed E-state index contributed by atoms with van der Waals surface area (Å²) in [6.07, 6.45) is 0.465. The smallest absolute Gasteiger partial charge is 0.306 e. The minimum Gasteiger partial charge on any atom is -0.461 e. The Labute approximate surface area is 134 Å². The summed E-state index contributed by atoms with van der Waals surface area (Å²) in [6, 6.07) is 20.1. The maximum absolute atomic E-state index is 12.2. The van der Waals surface area contributed by atoms with Crippen molar-refractivity contribution in [2.45, 2.75) is 38.2 Å². The molecule has 0 spiro atoms. The third kappa shape index (κ3) is 4.85. The van der Waals surface area contributed by atoms with Crippen molar-refractivity contribution in [1.82, 2.24) is 0 Å². The van der Waals surface area contributed by atoms with Crippen LogP contribution in [-0.2, 0) is 16.1 Å². The van der Waals surface area contributed by atoms with E-state index in [0.29, 0.717) is 13.0 Å². The van der Waals surface area contributed by atoms with Gasteiger partial charge in [0.05, 0.1) is 8.07 Å². The van der Waals surface area contributed by atoms with Crippen LogP contribution in [0.5, 0.6) is 0 Å². The molecule has 2 nitrogen and oxygen atoms in total. The summed E-state index contributed by atoms with van der Waals surface area (Å²) < 4.78 is 5.46. The number of carbonyl (C=O) groups is 1. The van der Waals surface area contributed by atoms with Crippen LogP contribution >= 0.6 is 0 Å². The van der Waals surface area contributed by atoms with E-state index in [1.165, 1.54) is 5.56 Å². The SMILES string of the molecule is C[Si](C)(C)C(CC(=O)OCc1ccccc1)c1ccccc1. The summed E-state index contributed by atoms with van der Waals surface area (Å²) in [7, 11) is -1.50. The van der Waals surface area contributed by atoms with E-state index in [1.807, 2.05) is 48.5 Å². The van der Waals surface area contributed by atoms with Crippen LogP contribution in [0, 0.1) is 0 Å². The maximum Gasteiger partial charge on any atom is 0.306 e. The lowest BCUT2D eigenvalue weighted by Crippen LogP contribution is -2.33. The van der Waals surface area contributed by atoms with Gasteiger partial charge >= 0.3 is 5.97 Å². The van der Waals surface area contributed by atoms with Gasteiger partial charge in [-0.1, -0.05) is 80.3 Å². The maximum atomic E-state index is 12.2. The standard InChI is InChI=1S/C19H24O2Si/c1-22(2,3)18(17-12-8-5-9-13-17)14-19(20)21-15-16-10-6-4-7-11-16/h4-13,18H,14-15H2,1-3H3. The predicted octanol–water partition coefficient (Wildman–Crippen LogP) is 4.78. The molecule has 0 radical (unpaired) electrons. The average molecular weight is 312 g/mol. The molecule has 0 aliphatic rings. The molecule has 2 aromatic carbocycles. The highest BCUT2D eigenvalue weighted by molar-refractivity contribution is 6.77. The molecule has 1 atom stereocenters. The second kappa shape index (κ2) is 7.41. The first-order chi connectivity index (χ1) is 10.5. The number of benzene rings is 2. The molecule has 0 heterocycles. The first kappa shape index (κ1) is 16.5. The molecule has 0 aliphatic carbocycles. The monoisotopic (exact) mass is 312 g/mol. The number of ether oxygens (including phenoxy) is 1. The molecule has 0 N–H and O–H groups in total. The van der Waals surface area contributed by atoms with E-state index in [2.05, 4.69) is 31.8 Å². The van der Waals surface area contributed by atoms with Crippen LogP contribution in [0.4, 0.5) is 0 Å². The molecular formula is C19H24O2Si. The molecule has 0 aromatic heterocycles. The van der Waals surface area contributed by atoms with Crippen molar-refractivity contribution in [2.75, 3.05) is 0 Å². The van der Waals surface area contributed by atoms with E-state index in [1.54, 1.807) is 0 Å². The Bertz CT molecular complexity index is 588. The topological polar surface area (TPSA) is 26.3 Å². The van der Waals surface area contributed by atoms with Crippen LogP contribution in [0.1, 0.15) is 23.1 Å². The minimum atomic E-state index is -1.50. The zero-order valence-corrected chi connectivity index (χ0v) is 14.6. The van der Waals surface area contributed by atoms with Gasteiger partial charge in [0.2, 0.25) is 0 Å². The molecule has 2 rings (SSSR count). The van der Waals surface area contributed by atoms with Crippen molar-refractivity contribution in [2.24, 2.45) is 0 Å². The van der Waals surface area contributed by atoms with E-state index in [4.69, 9.17) is 4.74 Å². The van der Waals surface area contributed by atoms with Crippen LogP contribution in [0.2, 0.25) is 19.6 Å². The number of esters is 1. The average Bonchev–Trinajstić information content (AvgIpc) is 2.51. The molecule has 0 saturated carbocycles. The molecular weight excluding hydrogens is 288 g/mol.